The zero-order valence-electron chi connectivity index (χ0n) is 11.0. The van der Waals surface area contributed by atoms with Crippen molar-refractivity contribution in [3.8, 4) is 0 Å². The Morgan fingerprint density at radius 2 is 2.06 bits per heavy atom. The van der Waals surface area contributed by atoms with Gasteiger partial charge in [-0.05, 0) is 44.0 Å². The van der Waals surface area contributed by atoms with Crippen LogP contribution >= 0.6 is 0 Å². The minimum atomic E-state index is 0.839. The normalized spacial score (nSPS) is 15.7. The Kier molecular flexibility index (Phi) is 4.63. The Labute approximate surface area is 104 Å². The van der Waals surface area contributed by atoms with Gasteiger partial charge in [-0.3, -0.25) is 4.90 Å². The molecular weight excluding hydrogens is 212 g/mol. The van der Waals surface area contributed by atoms with Gasteiger partial charge in [0, 0.05) is 6.54 Å². The van der Waals surface area contributed by atoms with E-state index in [1.807, 2.05) is 0 Å². The third-order valence-electron chi connectivity index (χ3n) is 3.31. The molecule has 96 valence electrons. The third-order valence-corrected chi connectivity index (χ3v) is 3.31. The second kappa shape index (κ2) is 6.22. The van der Waals surface area contributed by atoms with Crippen molar-refractivity contribution < 1.29 is 4.42 Å². The lowest BCUT2D eigenvalue weighted by Crippen LogP contribution is -2.24. The molecule has 1 aromatic rings. The molecule has 0 aliphatic heterocycles. The Bertz CT molecular complexity index is 331. The van der Waals surface area contributed by atoms with E-state index in [-0.39, 0.29) is 0 Å². The number of nitrogens with one attached hydrogen (secondary N) is 1. The van der Waals surface area contributed by atoms with E-state index >= 15 is 0 Å². The highest BCUT2D eigenvalue weighted by atomic mass is 16.3. The smallest absolute Gasteiger partial charge is 0.118 e. The average Bonchev–Trinajstić information content (AvgIpc) is 3.04. The molecule has 1 aliphatic rings. The zero-order valence-corrected chi connectivity index (χ0v) is 11.0. The van der Waals surface area contributed by atoms with Gasteiger partial charge in [-0.15, -0.1) is 0 Å². The van der Waals surface area contributed by atoms with Gasteiger partial charge in [-0.25, -0.2) is 0 Å². The summed E-state index contributed by atoms with van der Waals surface area (Å²) in [5.74, 6) is 3.09. The van der Waals surface area contributed by atoms with Crippen molar-refractivity contribution in [2.24, 2.45) is 5.92 Å². The van der Waals surface area contributed by atoms with Crippen LogP contribution in [-0.2, 0) is 13.1 Å². The highest BCUT2D eigenvalue weighted by molar-refractivity contribution is 5.07. The van der Waals surface area contributed by atoms with E-state index in [0.717, 1.165) is 43.6 Å². The van der Waals surface area contributed by atoms with E-state index in [1.165, 1.54) is 19.4 Å². The quantitative estimate of drug-likeness (QED) is 0.752. The van der Waals surface area contributed by atoms with Gasteiger partial charge in [0.1, 0.15) is 11.5 Å². The standard InChI is InChI=1S/C14H24N2O/c1-3-15-9-13-7-8-14(17-13)11-16(4-2)10-12-5-6-12/h7-8,12,15H,3-6,9-11H2,1-2H3. The van der Waals surface area contributed by atoms with E-state index < -0.39 is 0 Å². The van der Waals surface area contributed by atoms with Gasteiger partial charge in [0.05, 0.1) is 13.1 Å². The summed E-state index contributed by atoms with van der Waals surface area (Å²) in [7, 11) is 0. The van der Waals surface area contributed by atoms with Crippen LogP contribution in [0.4, 0.5) is 0 Å². The molecule has 1 heterocycles. The molecule has 1 aromatic heterocycles. The zero-order chi connectivity index (χ0) is 12.1. The minimum absolute atomic E-state index is 0.839. The maximum atomic E-state index is 5.82. The molecule has 1 N–H and O–H groups in total. The highest BCUT2D eigenvalue weighted by Gasteiger charge is 2.23. The van der Waals surface area contributed by atoms with Crippen LogP contribution in [0.15, 0.2) is 16.5 Å². The van der Waals surface area contributed by atoms with Gasteiger partial charge in [-0.2, -0.15) is 0 Å². The maximum Gasteiger partial charge on any atom is 0.118 e. The van der Waals surface area contributed by atoms with Crippen LogP contribution in [0.5, 0.6) is 0 Å². The Morgan fingerprint density at radius 1 is 1.29 bits per heavy atom. The first-order valence-electron chi connectivity index (χ1n) is 6.82. The van der Waals surface area contributed by atoms with E-state index in [9.17, 15) is 0 Å². The van der Waals surface area contributed by atoms with Crippen molar-refractivity contribution in [1.29, 1.82) is 0 Å². The molecule has 0 radical (unpaired) electrons. The van der Waals surface area contributed by atoms with Gasteiger partial charge in [-0.1, -0.05) is 13.8 Å². The summed E-state index contributed by atoms with van der Waals surface area (Å²) in [6.45, 7) is 9.46. The number of hydrogen-bond donors (Lipinski definition) is 1. The summed E-state index contributed by atoms with van der Waals surface area (Å²) in [5.41, 5.74) is 0. The van der Waals surface area contributed by atoms with Gasteiger partial charge < -0.3 is 9.73 Å². The summed E-state index contributed by atoms with van der Waals surface area (Å²) < 4.78 is 5.82. The largest absolute Gasteiger partial charge is 0.463 e. The van der Waals surface area contributed by atoms with Crippen molar-refractivity contribution in [1.82, 2.24) is 10.2 Å². The number of nitrogens with zero attached hydrogens (tertiary/aromatic N) is 1. The van der Waals surface area contributed by atoms with Crippen molar-refractivity contribution in [2.75, 3.05) is 19.6 Å². The molecule has 0 atom stereocenters. The predicted octanol–water partition coefficient (Wildman–Crippen LogP) is 2.62. The molecule has 0 spiro atoms. The van der Waals surface area contributed by atoms with Gasteiger partial charge >= 0.3 is 0 Å². The van der Waals surface area contributed by atoms with Crippen molar-refractivity contribution >= 4 is 0 Å². The van der Waals surface area contributed by atoms with Crippen LogP contribution in [0.25, 0.3) is 0 Å². The number of furan rings is 1. The fourth-order valence-corrected chi connectivity index (χ4v) is 2.04. The van der Waals surface area contributed by atoms with E-state index in [0.29, 0.717) is 0 Å². The fourth-order valence-electron chi connectivity index (χ4n) is 2.04. The molecule has 2 rings (SSSR count). The summed E-state index contributed by atoms with van der Waals surface area (Å²) in [4.78, 5) is 2.48. The summed E-state index contributed by atoms with van der Waals surface area (Å²) in [5, 5.41) is 3.28. The number of rotatable bonds is 8. The molecule has 0 aromatic carbocycles. The third kappa shape index (κ3) is 4.17. The Hall–Kier alpha value is -0.800. The van der Waals surface area contributed by atoms with Crippen LogP contribution in [0.2, 0.25) is 0 Å². The van der Waals surface area contributed by atoms with Crippen LogP contribution in [-0.4, -0.2) is 24.5 Å². The second-order valence-corrected chi connectivity index (χ2v) is 4.92. The number of hydrogen-bond acceptors (Lipinski definition) is 3. The van der Waals surface area contributed by atoms with E-state index in [4.69, 9.17) is 4.42 Å². The van der Waals surface area contributed by atoms with Crippen molar-refractivity contribution in [2.45, 2.75) is 39.8 Å². The lowest BCUT2D eigenvalue weighted by Gasteiger charge is -2.18. The molecule has 1 fully saturated rings. The Morgan fingerprint density at radius 3 is 2.71 bits per heavy atom. The molecular formula is C14H24N2O. The SMILES string of the molecule is CCNCc1ccc(CN(CC)CC2CC2)o1. The molecule has 0 saturated heterocycles. The molecule has 0 unspecified atom stereocenters. The first-order chi connectivity index (χ1) is 8.31. The summed E-state index contributed by atoms with van der Waals surface area (Å²) in [6.07, 6.45) is 2.83. The average molecular weight is 236 g/mol. The molecule has 1 saturated carbocycles. The molecule has 1 aliphatic carbocycles. The van der Waals surface area contributed by atoms with E-state index in [1.54, 1.807) is 0 Å². The highest BCUT2D eigenvalue weighted by Crippen LogP contribution is 2.30. The van der Waals surface area contributed by atoms with Crippen LogP contribution in [0.3, 0.4) is 0 Å². The fraction of sp³-hybridized carbons (Fsp3) is 0.714. The van der Waals surface area contributed by atoms with Crippen LogP contribution in [0, 0.1) is 5.92 Å². The maximum absolute atomic E-state index is 5.82. The van der Waals surface area contributed by atoms with Crippen molar-refractivity contribution in [3.05, 3.63) is 23.7 Å². The Balaban J connectivity index is 1.81. The van der Waals surface area contributed by atoms with Crippen LogP contribution < -0.4 is 5.32 Å². The monoisotopic (exact) mass is 236 g/mol. The topological polar surface area (TPSA) is 28.4 Å². The molecule has 3 nitrogen and oxygen atoms in total. The molecule has 0 bridgehead atoms. The summed E-state index contributed by atoms with van der Waals surface area (Å²) in [6, 6.07) is 4.20. The van der Waals surface area contributed by atoms with Crippen LogP contribution in [0.1, 0.15) is 38.2 Å². The molecule has 0 amide bonds. The minimum Gasteiger partial charge on any atom is -0.463 e. The first kappa shape index (κ1) is 12.7. The lowest BCUT2D eigenvalue weighted by molar-refractivity contribution is 0.243. The van der Waals surface area contributed by atoms with Crippen molar-refractivity contribution in [3.63, 3.8) is 0 Å². The van der Waals surface area contributed by atoms with Gasteiger partial charge in [0.2, 0.25) is 0 Å². The molecule has 17 heavy (non-hydrogen) atoms. The lowest BCUT2D eigenvalue weighted by atomic mass is 10.3. The second-order valence-electron chi connectivity index (χ2n) is 4.92. The van der Waals surface area contributed by atoms with Gasteiger partial charge in [0.15, 0.2) is 0 Å². The molecule has 3 heteroatoms. The van der Waals surface area contributed by atoms with E-state index in [2.05, 4.69) is 36.2 Å². The van der Waals surface area contributed by atoms with Gasteiger partial charge in [0.25, 0.3) is 0 Å². The predicted molar refractivity (Wildman–Crippen MR) is 69.8 cm³/mol. The first-order valence-corrected chi connectivity index (χ1v) is 6.82. The summed E-state index contributed by atoms with van der Waals surface area (Å²) >= 11 is 0.